The summed E-state index contributed by atoms with van der Waals surface area (Å²) in [6.07, 6.45) is 22.4. The highest BCUT2D eigenvalue weighted by molar-refractivity contribution is 6.49. The Hall–Kier alpha value is -13.9. The lowest BCUT2D eigenvalue weighted by Gasteiger charge is -2.25. The van der Waals surface area contributed by atoms with Gasteiger partial charge >= 0.3 is 0 Å². The zero-order valence-corrected chi connectivity index (χ0v) is 59.6. The Morgan fingerprint density at radius 2 is 0.426 bits per heavy atom. The fourth-order valence-corrected chi connectivity index (χ4v) is 12.6. The molecule has 14 aromatic rings. The summed E-state index contributed by atoms with van der Waals surface area (Å²) in [5.74, 6) is -5.85. The molecule has 15 rings (SSSR count). The molecule has 1 aliphatic carbocycles. The summed E-state index contributed by atoms with van der Waals surface area (Å²) in [5, 5.41) is 86.5. The van der Waals surface area contributed by atoms with E-state index in [0.717, 1.165) is 26.2 Å². The van der Waals surface area contributed by atoms with Gasteiger partial charge in [-0.15, -0.1) is 0 Å². The number of Topliss-reactive ketones (excluding diaryl/α,β-unsaturated/α-hetero) is 4. The molecule has 20 heteroatoms. The lowest BCUT2D eigenvalue weighted by molar-refractivity contribution is 0.0817. The molecule has 8 N–H and O–H groups in total. The first kappa shape index (κ1) is 75.3. The van der Waals surface area contributed by atoms with Crippen molar-refractivity contribution < 1.29 is 60.0 Å². The smallest absolute Gasteiger partial charge is 0.233 e. The van der Waals surface area contributed by atoms with Crippen LogP contribution in [0.1, 0.15) is 160 Å². The number of imidazole rings is 4. The summed E-state index contributed by atoms with van der Waals surface area (Å²) in [6.45, 7) is 10.5. The van der Waals surface area contributed by atoms with Crippen LogP contribution >= 0.6 is 0 Å². The van der Waals surface area contributed by atoms with Crippen molar-refractivity contribution in [2.75, 3.05) is 0 Å². The predicted molar refractivity (Wildman–Crippen MR) is 410 cm³/mol. The molecule has 4 heterocycles. The molecule has 0 unspecified atom stereocenters. The number of fused-ring (bicyclic) bond motifs is 8. The van der Waals surface area contributed by atoms with Crippen LogP contribution in [0.3, 0.4) is 0 Å². The second-order valence-electron chi connectivity index (χ2n) is 26.1. The minimum atomic E-state index is -0.598. The van der Waals surface area contributed by atoms with Gasteiger partial charge in [0.2, 0.25) is 23.1 Å². The van der Waals surface area contributed by atoms with Crippen LogP contribution in [0.4, 0.5) is 0 Å². The van der Waals surface area contributed by atoms with Crippen molar-refractivity contribution in [3.63, 3.8) is 0 Å². The predicted octanol–water partition coefficient (Wildman–Crippen LogP) is 16.1. The van der Waals surface area contributed by atoms with Gasteiger partial charge in [-0.1, -0.05) is 198 Å². The van der Waals surface area contributed by atoms with E-state index in [-0.39, 0.29) is 46.0 Å². The number of phenols is 8. The number of aromatic nitrogens is 8. The van der Waals surface area contributed by atoms with Crippen molar-refractivity contribution in [3.05, 3.63) is 382 Å². The zero-order valence-electron chi connectivity index (χ0n) is 59.6. The number of hydrogen-bond acceptors (Lipinski definition) is 16. The van der Waals surface area contributed by atoms with Gasteiger partial charge in [0.1, 0.15) is 46.0 Å². The lowest BCUT2D eigenvalue weighted by atomic mass is 9.81. The quantitative estimate of drug-likeness (QED) is 0.0371. The highest BCUT2D eigenvalue weighted by Crippen LogP contribution is 2.49. The molecule has 0 aliphatic heterocycles. The first-order chi connectivity index (χ1) is 52.2. The third kappa shape index (κ3) is 18.7. The van der Waals surface area contributed by atoms with Gasteiger partial charge in [0.15, 0.2) is 0 Å². The molecule has 4 aromatic heterocycles. The maximum Gasteiger partial charge on any atom is 0.233 e. The van der Waals surface area contributed by atoms with Crippen molar-refractivity contribution in [1.82, 2.24) is 38.2 Å². The zero-order chi connectivity index (χ0) is 76.4. The molecule has 544 valence electrons. The Kier molecular flexibility index (Phi) is 24.4. The molecule has 0 saturated carbocycles. The third-order valence-electron chi connectivity index (χ3n) is 18.7. The van der Waals surface area contributed by atoms with E-state index in [1.165, 1.54) is 46.5 Å². The largest absolute Gasteiger partial charge is 0.508 e. The number of rotatable bonds is 14. The Balaban J connectivity index is 0.000000144. The van der Waals surface area contributed by atoms with E-state index in [4.69, 9.17) is 0 Å². The van der Waals surface area contributed by atoms with Crippen molar-refractivity contribution in [2.45, 2.75) is 77.5 Å². The first-order valence-corrected chi connectivity index (χ1v) is 34.8. The average Bonchev–Trinajstić information content (AvgIpc) is 1.13. The summed E-state index contributed by atoms with van der Waals surface area (Å²) in [4.78, 5) is 63.3. The van der Waals surface area contributed by atoms with E-state index >= 15 is 0 Å². The summed E-state index contributed by atoms with van der Waals surface area (Å²) < 4.78 is 8.24. The van der Waals surface area contributed by atoms with Crippen molar-refractivity contribution in [2.24, 2.45) is 0 Å². The number of aromatic hydroxyl groups is 8. The first-order valence-electron chi connectivity index (χ1n) is 34.8. The number of carbonyl (C=O) groups is 4. The number of ketones is 4. The van der Waals surface area contributed by atoms with E-state index in [2.05, 4.69) is 86.7 Å². The molecule has 0 radical (unpaired) electrons. The van der Waals surface area contributed by atoms with Crippen LogP contribution in [0.25, 0.3) is 0 Å². The number of benzene rings is 10. The van der Waals surface area contributed by atoms with E-state index in [9.17, 15) is 60.0 Å². The molecular formula is C88H80N8O12. The minimum absolute atomic E-state index is 0.200. The molecule has 10 aromatic carbocycles. The molecule has 8 bridgehead atoms. The molecule has 108 heavy (non-hydrogen) atoms. The van der Waals surface area contributed by atoms with Crippen LogP contribution in [-0.4, -0.2) is 102 Å². The second kappa shape index (κ2) is 35.1. The van der Waals surface area contributed by atoms with Gasteiger partial charge in [0.25, 0.3) is 0 Å². The maximum absolute atomic E-state index is 11.8. The summed E-state index contributed by atoms with van der Waals surface area (Å²) in [5.41, 5.74) is 10.00. The molecule has 0 saturated heterocycles. The van der Waals surface area contributed by atoms with E-state index in [0.29, 0.717) is 66.8 Å². The fourth-order valence-electron chi connectivity index (χ4n) is 12.6. The van der Waals surface area contributed by atoms with Crippen LogP contribution in [0.2, 0.25) is 0 Å². The highest BCUT2D eigenvalue weighted by atomic mass is 16.3. The SMILES string of the molecule is CC1c2cc(c(O)cc2O)C(C)c2cc(c(O)cc2O)C(C)c2cc(c(O)cc2O)C(C)c2cc1c(O)cc2O.O=C(C(=O)c1ccccc1)c1ccccc1.O=C(C(=O)c1ccccc1)c1ccccc1.c1cn(Cc2ccc(Cn3ccnc3)cc2)cn1.c1cn(Cc2ccc(Cn3ccnc3)cc2)cn1. The van der Waals surface area contributed by atoms with Crippen LogP contribution in [0, 0.1) is 0 Å². The molecular weight excluding hydrogens is 1360 g/mol. The van der Waals surface area contributed by atoms with Gasteiger partial charge < -0.3 is 59.1 Å². The number of nitrogens with zero attached hydrogens (tertiary/aromatic N) is 8. The Morgan fingerprint density at radius 3 is 0.574 bits per heavy atom. The van der Waals surface area contributed by atoms with Gasteiger partial charge in [0, 0.05) is 190 Å². The molecule has 0 spiro atoms. The van der Waals surface area contributed by atoms with Gasteiger partial charge in [-0.25, -0.2) is 19.9 Å². The topological polar surface area (TPSA) is 301 Å². The average molecular weight is 1440 g/mol. The van der Waals surface area contributed by atoms with Crippen LogP contribution in [0.5, 0.6) is 46.0 Å². The Morgan fingerprint density at radius 1 is 0.259 bits per heavy atom. The minimum Gasteiger partial charge on any atom is -0.508 e. The lowest BCUT2D eigenvalue weighted by Crippen LogP contribution is -2.14. The van der Waals surface area contributed by atoms with E-state index < -0.39 is 46.8 Å². The van der Waals surface area contributed by atoms with Gasteiger partial charge in [0.05, 0.1) is 25.3 Å². The molecule has 20 nitrogen and oxygen atoms in total. The van der Waals surface area contributed by atoms with Gasteiger partial charge in [-0.3, -0.25) is 19.2 Å². The standard InChI is InChI=1S/C32H32O8.2C14H14N4.2C14H10O2/c1-13-17-5-19(27(35)9-25(17)33)14(2)21-7-23(31(39)11-29(21)37)16(4)24-8-22(30(38)12-32(24)40)15(3)20-6-18(13)26(34)10-28(20)36;2*1-2-14(10-18-8-6-16-12-18)4-3-13(1)9-17-7-5-15-11-17;2*15-13(11-7-3-1-4-8-11)14(16)12-9-5-2-6-10-12/h5-16,33-40H,1-4H3;2*1-8,11-12H,9-10H2;2*1-10H. The Bertz CT molecular complexity index is 4550. The van der Waals surface area contributed by atoms with Gasteiger partial charge in [-0.2, -0.15) is 0 Å². The van der Waals surface area contributed by atoms with Crippen LogP contribution in [0.15, 0.2) is 293 Å². The van der Waals surface area contributed by atoms with Crippen molar-refractivity contribution in [3.8, 4) is 46.0 Å². The maximum atomic E-state index is 11.8. The molecule has 1 aliphatic rings. The monoisotopic (exact) mass is 1440 g/mol. The molecule has 0 amide bonds. The summed E-state index contributed by atoms with van der Waals surface area (Å²) in [7, 11) is 0. The Labute approximate surface area is 624 Å². The second-order valence-corrected chi connectivity index (χ2v) is 26.1. The summed E-state index contributed by atoms with van der Waals surface area (Å²) in [6, 6.07) is 62.9. The van der Waals surface area contributed by atoms with E-state index in [1.54, 1.807) is 174 Å². The number of phenolic OH excluding ortho intramolecular Hbond substituents is 8. The van der Waals surface area contributed by atoms with Crippen molar-refractivity contribution in [1.29, 1.82) is 0 Å². The normalized spacial score (nSPS) is 14.0. The van der Waals surface area contributed by atoms with Crippen LogP contribution in [-0.2, 0) is 26.2 Å². The van der Waals surface area contributed by atoms with Crippen LogP contribution < -0.4 is 0 Å². The van der Waals surface area contributed by atoms with E-state index in [1.807, 2.05) is 74.4 Å². The summed E-state index contributed by atoms with van der Waals surface area (Å²) >= 11 is 0. The fraction of sp³-hybridized carbons (Fsp3) is 0.136. The molecule has 0 atom stereocenters. The highest BCUT2D eigenvalue weighted by Gasteiger charge is 2.30. The number of carbonyl (C=O) groups excluding carboxylic acids is 4. The third-order valence-corrected chi connectivity index (χ3v) is 18.7. The number of hydrogen-bond donors (Lipinski definition) is 8. The van der Waals surface area contributed by atoms with Gasteiger partial charge in [-0.05, 0) is 46.5 Å². The van der Waals surface area contributed by atoms with Crippen molar-refractivity contribution >= 4 is 23.1 Å². The molecule has 0 fully saturated rings.